The molecule has 7 heteroatoms. The maximum atomic E-state index is 11.7. The van der Waals surface area contributed by atoms with Crippen molar-refractivity contribution in [1.82, 2.24) is 9.88 Å². The van der Waals surface area contributed by atoms with Crippen molar-refractivity contribution >= 4 is 17.7 Å². The number of ether oxygens (including phenoxy) is 1. The number of carboxylic acids is 1. The van der Waals surface area contributed by atoms with E-state index in [0.29, 0.717) is 18.0 Å². The fourth-order valence-electron chi connectivity index (χ4n) is 1.99. The summed E-state index contributed by atoms with van der Waals surface area (Å²) < 4.78 is 5.16. The molecule has 1 fully saturated rings. The number of aliphatic carboxylic acids is 1. The number of hydrogen-bond donors (Lipinski definition) is 2. The number of anilines is 1. The van der Waals surface area contributed by atoms with E-state index in [4.69, 9.17) is 9.84 Å². The van der Waals surface area contributed by atoms with Crippen LogP contribution in [0.1, 0.15) is 10.4 Å². The molecule has 0 aromatic carbocycles. The highest BCUT2D eigenvalue weighted by Gasteiger charge is 2.34. The molecule has 2 rings (SSSR count). The van der Waals surface area contributed by atoms with Gasteiger partial charge in [0.2, 0.25) is 0 Å². The van der Waals surface area contributed by atoms with Gasteiger partial charge in [-0.3, -0.25) is 9.59 Å². The number of rotatable bonds is 4. The predicted molar refractivity (Wildman–Crippen MR) is 71.6 cm³/mol. The van der Waals surface area contributed by atoms with E-state index in [0.717, 1.165) is 0 Å². The van der Waals surface area contributed by atoms with E-state index in [1.54, 1.807) is 26.2 Å². The van der Waals surface area contributed by atoms with Gasteiger partial charge in [-0.05, 0) is 12.1 Å². The highest BCUT2D eigenvalue weighted by Crippen LogP contribution is 2.18. The van der Waals surface area contributed by atoms with E-state index in [9.17, 15) is 9.59 Å². The van der Waals surface area contributed by atoms with Crippen molar-refractivity contribution in [3.05, 3.63) is 23.9 Å². The molecule has 1 amide bonds. The summed E-state index contributed by atoms with van der Waals surface area (Å²) in [4.78, 5) is 28.3. The minimum Gasteiger partial charge on any atom is -0.481 e. The summed E-state index contributed by atoms with van der Waals surface area (Å²) in [5, 5.41) is 12.1. The Morgan fingerprint density at radius 3 is 2.70 bits per heavy atom. The summed E-state index contributed by atoms with van der Waals surface area (Å²) >= 11 is 0. The molecule has 1 aliphatic rings. The van der Waals surface area contributed by atoms with E-state index >= 15 is 0 Å². The van der Waals surface area contributed by atoms with Crippen LogP contribution in [-0.4, -0.2) is 60.2 Å². The van der Waals surface area contributed by atoms with Crippen LogP contribution in [0.15, 0.2) is 18.3 Å². The van der Waals surface area contributed by atoms with Crippen molar-refractivity contribution in [2.24, 2.45) is 5.92 Å². The Labute approximate surface area is 116 Å². The van der Waals surface area contributed by atoms with E-state index < -0.39 is 11.9 Å². The lowest BCUT2D eigenvalue weighted by Gasteiger charge is -2.16. The van der Waals surface area contributed by atoms with E-state index in [1.807, 2.05) is 0 Å². The van der Waals surface area contributed by atoms with Gasteiger partial charge in [0.25, 0.3) is 5.91 Å². The van der Waals surface area contributed by atoms with Crippen LogP contribution in [0.3, 0.4) is 0 Å². The second-order valence-corrected chi connectivity index (χ2v) is 4.86. The van der Waals surface area contributed by atoms with Crippen molar-refractivity contribution < 1.29 is 19.4 Å². The third-order valence-corrected chi connectivity index (χ3v) is 3.15. The first-order valence-corrected chi connectivity index (χ1v) is 6.24. The predicted octanol–water partition coefficient (Wildman–Crippen LogP) is 0.295. The van der Waals surface area contributed by atoms with Crippen LogP contribution in [0.5, 0.6) is 0 Å². The monoisotopic (exact) mass is 279 g/mol. The van der Waals surface area contributed by atoms with Crippen molar-refractivity contribution in [1.29, 1.82) is 0 Å². The molecule has 2 unspecified atom stereocenters. The Morgan fingerprint density at radius 2 is 2.15 bits per heavy atom. The Kier molecular flexibility index (Phi) is 4.19. The van der Waals surface area contributed by atoms with Gasteiger partial charge in [0, 0.05) is 20.3 Å². The van der Waals surface area contributed by atoms with Gasteiger partial charge in [0.05, 0.1) is 24.8 Å². The van der Waals surface area contributed by atoms with Crippen LogP contribution in [0.2, 0.25) is 0 Å². The molecule has 0 spiro atoms. The van der Waals surface area contributed by atoms with Gasteiger partial charge in [-0.15, -0.1) is 0 Å². The fourth-order valence-corrected chi connectivity index (χ4v) is 1.99. The summed E-state index contributed by atoms with van der Waals surface area (Å²) in [6, 6.07) is 3.01. The smallest absolute Gasteiger partial charge is 0.311 e. The lowest BCUT2D eigenvalue weighted by Crippen LogP contribution is -2.33. The summed E-state index contributed by atoms with van der Waals surface area (Å²) in [7, 11) is 3.34. The molecule has 2 atom stereocenters. The summed E-state index contributed by atoms with van der Waals surface area (Å²) in [6.45, 7) is 0.529. The number of nitrogens with one attached hydrogen (secondary N) is 1. The van der Waals surface area contributed by atoms with Crippen LogP contribution in [0.25, 0.3) is 0 Å². The molecule has 2 heterocycles. The molecule has 0 saturated carbocycles. The zero-order chi connectivity index (χ0) is 14.7. The molecule has 1 saturated heterocycles. The van der Waals surface area contributed by atoms with E-state index in [1.165, 1.54) is 11.1 Å². The lowest BCUT2D eigenvalue weighted by atomic mass is 10.0. The minimum absolute atomic E-state index is 0.128. The Morgan fingerprint density at radius 1 is 1.40 bits per heavy atom. The first kappa shape index (κ1) is 14.3. The van der Waals surface area contributed by atoms with Gasteiger partial charge in [-0.1, -0.05) is 0 Å². The van der Waals surface area contributed by atoms with Gasteiger partial charge in [-0.2, -0.15) is 0 Å². The molecule has 1 aromatic heterocycles. The third kappa shape index (κ3) is 3.05. The van der Waals surface area contributed by atoms with Crippen molar-refractivity contribution in [3.63, 3.8) is 0 Å². The molecule has 1 aliphatic heterocycles. The maximum Gasteiger partial charge on any atom is 0.311 e. The highest BCUT2D eigenvalue weighted by atomic mass is 16.5. The quantitative estimate of drug-likeness (QED) is 0.823. The van der Waals surface area contributed by atoms with Gasteiger partial charge < -0.3 is 20.1 Å². The number of hydrogen-bond acceptors (Lipinski definition) is 5. The molecule has 0 bridgehead atoms. The first-order chi connectivity index (χ1) is 9.49. The minimum atomic E-state index is -0.889. The Bertz CT molecular complexity index is 501. The molecule has 1 aromatic rings. The number of carbonyl (C=O) groups is 2. The third-order valence-electron chi connectivity index (χ3n) is 3.15. The Hall–Kier alpha value is -2.15. The number of nitrogens with zero attached hydrogens (tertiary/aromatic N) is 2. The van der Waals surface area contributed by atoms with Gasteiger partial charge >= 0.3 is 5.97 Å². The van der Waals surface area contributed by atoms with E-state index in [2.05, 4.69) is 10.3 Å². The number of carbonyl (C=O) groups excluding carboxylic acids is 1. The largest absolute Gasteiger partial charge is 0.481 e. The van der Waals surface area contributed by atoms with Crippen molar-refractivity contribution in [2.75, 3.05) is 32.6 Å². The molecular weight excluding hydrogens is 262 g/mol. The summed E-state index contributed by atoms with van der Waals surface area (Å²) in [5.41, 5.74) is 0.484. The molecular formula is C13H17N3O4. The van der Waals surface area contributed by atoms with Crippen molar-refractivity contribution in [2.45, 2.75) is 6.04 Å². The normalized spacial score (nSPS) is 21.5. The SMILES string of the molecule is CN(C)C(=O)c1ccc(NC2COCC2C(=O)O)nc1. The first-order valence-electron chi connectivity index (χ1n) is 6.24. The van der Waals surface area contributed by atoms with Gasteiger partial charge in [-0.25, -0.2) is 4.98 Å². The number of carboxylic acid groups (broad SMARTS) is 1. The van der Waals surface area contributed by atoms with Crippen molar-refractivity contribution in [3.8, 4) is 0 Å². The Balaban J connectivity index is 2.04. The van der Waals surface area contributed by atoms with Crippen LogP contribution in [0, 0.1) is 5.92 Å². The zero-order valence-electron chi connectivity index (χ0n) is 11.4. The van der Waals surface area contributed by atoms with E-state index in [-0.39, 0.29) is 18.6 Å². The second kappa shape index (κ2) is 5.87. The average molecular weight is 279 g/mol. The van der Waals surface area contributed by atoms with Gasteiger partial charge in [0.15, 0.2) is 0 Å². The second-order valence-electron chi connectivity index (χ2n) is 4.86. The molecule has 0 aliphatic carbocycles. The highest BCUT2D eigenvalue weighted by molar-refractivity contribution is 5.93. The lowest BCUT2D eigenvalue weighted by molar-refractivity contribution is -0.141. The molecule has 20 heavy (non-hydrogen) atoms. The molecule has 2 N–H and O–H groups in total. The van der Waals surface area contributed by atoms with Crippen LogP contribution in [-0.2, 0) is 9.53 Å². The summed E-state index contributed by atoms with van der Waals surface area (Å²) in [6.07, 6.45) is 1.47. The maximum absolute atomic E-state index is 11.7. The standard InChI is InChI=1S/C13H17N3O4/c1-16(2)12(17)8-3-4-11(14-5-8)15-10-7-20-6-9(10)13(18)19/h3-5,9-10H,6-7H2,1-2H3,(H,14,15)(H,18,19). The molecule has 108 valence electrons. The summed E-state index contributed by atoms with van der Waals surface area (Å²) in [5.74, 6) is -1.07. The van der Waals surface area contributed by atoms with Crippen LogP contribution >= 0.6 is 0 Å². The zero-order valence-corrected chi connectivity index (χ0v) is 11.4. The van der Waals surface area contributed by atoms with Gasteiger partial charge in [0.1, 0.15) is 11.7 Å². The topological polar surface area (TPSA) is 91.8 Å². The average Bonchev–Trinajstić information content (AvgIpc) is 2.87. The molecule has 7 nitrogen and oxygen atoms in total. The fraction of sp³-hybridized carbons (Fsp3) is 0.462. The number of aromatic nitrogens is 1. The number of pyridine rings is 1. The molecule has 0 radical (unpaired) electrons. The van der Waals surface area contributed by atoms with Crippen LogP contribution < -0.4 is 5.32 Å². The number of amides is 1. The van der Waals surface area contributed by atoms with Crippen LogP contribution in [0.4, 0.5) is 5.82 Å².